The summed E-state index contributed by atoms with van der Waals surface area (Å²) in [5, 5.41) is 10.0. The first-order valence-corrected chi connectivity index (χ1v) is 8.67. The molecule has 0 fully saturated rings. The van der Waals surface area contributed by atoms with E-state index in [0.29, 0.717) is 33.2 Å². The van der Waals surface area contributed by atoms with Crippen LogP contribution in [0.3, 0.4) is 0 Å². The van der Waals surface area contributed by atoms with Gasteiger partial charge in [-0.05, 0) is 49.7 Å². The normalized spacial score (nSPS) is 11.1. The summed E-state index contributed by atoms with van der Waals surface area (Å²) in [6, 6.07) is 12.4. The predicted octanol–water partition coefficient (Wildman–Crippen LogP) is 4.32. The average Bonchev–Trinajstić information content (AvgIpc) is 2.99. The Morgan fingerprint density at radius 2 is 1.78 bits per heavy atom. The van der Waals surface area contributed by atoms with Gasteiger partial charge in [-0.3, -0.25) is 0 Å². The number of fused-ring (bicyclic) bond motifs is 1. The van der Waals surface area contributed by atoms with Crippen LogP contribution in [0.2, 0.25) is 5.02 Å². The van der Waals surface area contributed by atoms with Gasteiger partial charge in [0.05, 0.1) is 29.1 Å². The summed E-state index contributed by atoms with van der Waals surface area (Å²) in [7, 11) is 1.57. The molecule has 0 N–H and O–H groups in total. The van der Waals surface area contributed by atoms with E-state index < -0.39 is 5.63 Å². The molecule has 0 unspecified atom stereocenters. The number of aromatic nitrogens is 3. The summed E-state index contributed by atoms with van der Waals surface area (Å²) in [5.41, 5.74) is 3.37. The van der Waals surface area contributed by atoms with Crippen LogP contribution in [0.15, 0.2) is 51.7 Å². The van der Waals surface area contributed by atoms with Crippen molar-refractivity contribution in [2.45, 2.75) is 13.8 Å². The fourth-order valence-electron chi connectivity index (χ4n) is 2.81. The van der Waals surface area contributed by atoms with Gasteiger partial charge in [-0.1, -0.05) is 17.7 Å². The molecule has 2 aromatic carbocycles. The highest BCUT2D eigenvalue weighted by atomic mass is 35.5. The second-order valence-corrected chi connectivity index (χ2v) is 6.58. The van der Waals surface area contributed by atoms with E-state index in [2.05, 4.69) is 10.2 Å². The van der Waals surface area contributed by atoms with Crippen molar-refractivity contribution < 1.29 is 9.15 Å². The Bertz CT molecular complexity index is 1210. The third kappa shape index (κ3) is 3.08. The zero-order chi connectivity index (χ0) is 19.1. The topological polar surface area (TPSA) is 70.2 Å². The van der Waals surface area contributed by atoms with Crippen LogP contribution in [0.1, 0.15) is 11.4 Å². The molecule has 0 saturated carbocycles. The molecule has 0 aliphatic carbocycles. The summed E-state index contributed by atoms with van der Waals surface area (Å²) in [6.45, 7) is 3.76. The number of methoxy groups -OCH3 is 1. The van der Waals surface area contributed by atoms with E-state index in [1.807, 2.05) is 26.0 Å². The van der Waals surface area contributed by atoms with Crippen molar-refractivity contribution in [2.75, 3.05) is 7.11 Å². The summed E-state index contributed by atoms with van der Waals surface area (Å²) >= 11 is 6.33. The van der Waals surface area contributed by atoms with Crippen LogP contribution in [0.25, 0.3) is 27.8 Å². The summed E-state index contributed by atoms with van der Waals surface area (Å²) in [6.07, 6.45) is 0. The van der Waals surface area contributed by atoms with Gasteiger partial charge in [0, 0.05) is 11.5 Å². The van der Waals surface area contributed by atoms with Crippen molar-refractivity contribution in [1.29, 1.82) is 0 Å². The number of ether oxygens (including phenoxy) is 1. The number of hydrogen-bond donors (Lipinski definition) is 0. The molecule has 2 heterocycles. The van der Waals surface area contributed by atoms with Gasteiger partial charge >= 0.3 is 5.63 Å². The highest BCUT2D eigenvalue weighted by Gasteiger charge is 2.13. The molecule has 0 amide bonds. The van der Waals surface area contributed by atoms with Gasteiger partial charge in [0.2, 0.25) is 0 Å². The van der Waals surface area contributed by atoms with Crippen LogP contribution in [0.5, 0.6) is 5.75 Å². The number of halogens is 1. The van der Waals surface area contributed by atoms with Gasteiger partial charge in [-0.2, -0.15) is 10.2 Å². The molecule has 0 spiro atoms. The summed E-state index contributed by atoms with van der Waals surface area (Å²) in [4.78, 5) is 14.0. The predicted molar refractivity (Wildman–Crippen MR) is 104 cm³/mol. The van der Waals surface area contributed by atoms with Gasteiger partial charge in [0.25, 0.3) is 0 Å². The SMILES string of the molecule is COc1ccc2cc(-c3ccc(Cl)c(-n4nc(C)c(C)n4)c3)c(=O)oc2c1. The summed E-state index contributed by atoms with van der Waals surface area (Å²) in [5.74, 6) is 0.627. The molecule has 0 bridgehead atoms. The molecule has 4 aromatic rings. The first-order chi connectivity index (χ1) is 13.0. The highest BCUT2D eigenvalue weighted by Crippen LogP contribution is 2.28. The third-order valence-corrected chi connectivity index (χ3v) is 4.75. The molecular weight excluding hydrogens is 366 g/mol. The smallest absolute Gasteiger partial charge is 0.344 e. The molecule has 7 heteroatoms. The molecule has 0 aliphatic rings. The van der Waals surface area contributed by atoms with Gasteiger partial charge in [0.1, 0.15) is 17.0 Å². The second-order valence-electron chi connectivity index (χ2n) is 6.18. The quantitative estimate of drug-likeness (QED) is 0.494. The molecule has 2 aromatic heterocycles. The van der Waals surface area contributed by atoms with E-state index in [9.17, 15) is 4.79 Å². The molecular formula is C20H16ClN3O3. The van der Waals surface area contributed by atoms with E-state index in [4.69, 9.17) is 20.8 Å². The standard InChI is InChI=1S/C20H16ClN3O3/c1-11-12(2)23-24(22-11)18-9-13(5-7-17(18)21)16-8-14-4-6-15(26-3)10-19(14)27-20(16)25/h4-10H,1-3H3. The fourth-order valence-corrected chi connectivity index (χ4v) is 3.01. The number of nitrogens with zero attached hydrogens (tertiary/aromatic N) is 3. The first kappa shape index (κ1) is 17.3. The van der Waals surface area contributed by atoms with Crippen molar-refractivity contribution in [2.24, 2.45) is 0 Å². The maximum absolute atomic E-state index is 12.5. The largest absolute Gasteiger partial charge is 0.497 e. The lowest BCUT2D eigenvalue weighted by Crippen LogP contribution is -2.05. The Kier molecular flexibility index (Phi) is 4.20. The Balaban J connectivity index is 1.87. The first-order valence-electron chi connectivity index (χ1n) is 8.29. The van der Waals surface area contributed by atoms with E-state index in [1.165, 1.54) is 4.80 Å². The molecule has 6 nitrogen and oxygen atoms in total. The molecule has 27 heavy (non-hydrogen) atoms. The Morgan fingerprint density at radius 1 is 1.04 bits per heavy atom. The molecule has 4 rings (SSSR count). The Labute approximate surface area is 160 Å². The second kappa shape index (κ2) is 6.55. The highest BCUT2D eigenvalue weighted by molar-refractivity contribution is 6.32. The van der Waals surface area contributed by atoms with Crippen molar-refractivity contribution in [3.05, 3.63) is 69.3 Å². The van der Waals surface area contributed by atoms with Crippen LogP contribution in [0, 0.1) is 13.8 Å². The van der Waals surface area contributed by atoms with Crippen molar-refractivity contribution in [1.82, 2.24) is 15.0 Å². The number of rotatable bonds is 3. The molecule has 0 saturated heterocycles. The van der Waals surface area contributed by atoms with Crippen LogP contribution >= 0.6 is 11.6 Å². The van der Waals surface area contributed by atoms with E-state index in [-0.39, 0.29) is 0 Å². The molecule has 0 atom stereocenters. The number of hydrogen-bond acceptors (Lipinski definition) is 5. The van der Waals surface area contributed by atoms with Crippen LogP contribution in [-0.2, 0) is 0 Å². The molecule has 136 valence electrons. The number of benzene rings is 2. The van der Waals surface area contributed by atoms with Gasteiger partial charge in [-0.15, -0.1) is 4.80 Å². The minimum absolute atomic E-state index is 0.436. The van der Waals surface area contributed by atoms with Crippen molar-refractivity contribution >= 4 is 22.6 Å². The van der Waals surface area contributed by atoms with E-state index in [1.54, 1.807) is 37.4 Å². The average molecular weight is 382 g/mol. The zero-order valence-electron chi connectivity index (χ0n) is 15.0. The van der Waals surface area contributed by atoms with Crippen molar-refractivity contribution in [3.8, 4) is 22.6 Å². The minimum Gasteiger partial charge on any atom is -0.497 e. The lowest BCUT2D eigenvalue weighted by Gasteiger charge is -2.08. The monoisotopic (exact) mass is 381 g/mol. The maximum Gasteiger partial charge on any atom is 0.344 e. The van der Waals surface area contributed by atoms with E-state index in [0.717, 1.165) is 16.8 Å². The van der Waals surface area contributed by atoms with Crippen LogP contribution in [0.4, 0.5) is 0 Å². The zero-order valence-corrected chi connectivity index (χ0v) is 15.7. The number of aryl methyl sites for hydroxylation is 2. The van der Waals surface area contributed by atoms with Crippen LogP contribution in [-0.4, -0.2) is 22.1 Å². The van der Waals surface area contributed by atoms with E-state index >= 15 is 0 Å². The molecule has 0 aliphatic heterocycles. The van der Waals surface area contributed by atoms with Crippen LogP contribution < -0.4 is 10.4 Å². The van der Waals surface area contributed by atoms with Crippen molar-refractivity contribution in [3.63, 3.8) is 0 Å². The minimum atomic E-state index is -0.440. The van der Waals surface area contributed by atoms with Gasteiger partial charge < -0.3 is 9.15 Å². The summed E-state index contributed by atoms with van der Waals surface area (Å²) < 4.78 is 10.7. The molecule has 0 radical (unpaired) electrons. The fraction of sp³-hybridized carbons (Fsp3) is 0.150. The lowest BCUT2D eigenvalue weighted by molar-refractivity contribution is 0.414. The third-order valence-electron chi connectivity index (χ3n) is 4.43. The maximum atomic E-state index is 12.5. The van der Waals surface area contributed by atoms with Gasteiger partial charge in [-0.25, -0.2) is 4.79 Å². The Morgan fingerprint density at radius 3 is 2.48 bits per heavy atom. The van der Waals surface area contributed by atoms with Gasteiger partial charge in [0.15, 0.2) is 0 Å². The Hall–Kier alpha value is -3.12. The lowest BCUT2D eigenvalue weighted by atomic mass is 10.1.